The molecular formula is C12H12Br2O3. The molecule has 3 nitrogen and oxygen atoms in total. The van der Waals surface area contributed by atoms with Crippen molar-refractivity contribution >= 4 is 43.6 Å². The van der Waals surface area contributed by atoms with Gasteiger partial charge in [0, 0.05) is 10.9 Å². The minimum Gasteiger partial charge on any atom is -0.462 e. The number of esters is 1. The van der Waals surface area contributed by atoms with Crippen molar-refractivity contribution in [1.29, 1.82) is 0 Å². The van der Waals surface area contributed by atoms with Gasteiger partial charge in [0.05, 0.1) is 17.5 Å². The van der Waals surface area contributed by atoms with Crippen LogP contribution in [0, 0.1) is 0 Å². The summed E-state index contributed by atoms with van der Waals surface area (Å²) < 4.78 is 5.78. The van der Waals surface area contributed by atoms with Gasteiger partial charge in [-0.2, -0.15) is 0 Å². The molecule has 0 bridgehead atoms. The van der Waals surface area contributed by atoms with E-state index in [1.807, 2.05) is 0 Å². The molecule has 0 saturated heterocycles. The first-order valence-corrected chi connectivity index (χ1v) is 7.03. The fourth-order valence-electron chi connectivity index (χ4n) is 1.38. The molecule has 0 heterocycles. The van der Waals surface area contributed by atoms with Crippen LogP contribution in [0.15, 0.2) is 22.7 Å². The van der Waals surface area contributed by atoms with E-state index in [4.69, 9.17) is 4.74 Å². The summed E-state index contributed by atoms with van der Waals surface area (Å²) in [5, 5.41) is 0.280. The van der Waals surface area contributed by atoms with Gasteiger partial charge in [0.2, 0.25) is 0 Å². The summed E-state index contributed by atoms with van der Waals surface area (Å²) in [6.45, 7) is 2.07. The molecule has 0 atom stereocenters. The molecule has 0 aliphatic carbocycles. The number of benzene rings is 1. The van der Waals surface area contributed by atoms with E-state index in [0.717, 1.165) is 4.47 Å². The Balaban J connectivity index is 3.03. The van der Waals surface area contributed by atoms with E-state index in [1.54, 1.807) is 25.1 Å². The highest BCUT2D eigenvalue weighted by atomic mass is 79.9. The molecule has 1 rings (SSSR count). The Morgan fingerprint density at radius 1 is 1.35 bits per heavy atom. The second-order valence-corrected chi connectivity index (χ2v) is 4.85. The van der Waals surface area contributed by atoms with Crippen LogP contribution in [0.3, 0.4) is 0 Å². The number of carbonyl (C=O) groups is 2. The third kappa shape index (κ3) is 4.24. The normalized spacial score (nSPS) is 10.1. The molecule has 0 unspecified atom stereocenters. The van der Waals surface area contributed by atoms with Gasteiger partial charge in [-0.3, -0.25) is 4.79 Å². The molecular weight excluding hydrogens is 352 g/mol. The lowest BCUT2D eigenvalue weighted by molar-refractivity contribution is -0.115. The van der Waals surface area contributed by atoms with E-state index in [1.165, 1.54) is 0 Å². The first-order chi connectivity index (χ1) is 8.08. The van der Waals surface area contributed by atoms with Crippen molar-refractivity contribution in [2.75, 3.05) is 11.9 Å². The van der Waals surface area contributed by atoms with Gasteiger partial charge in [0.15, 0.2) is 0 Å². The minimum atomic E-state index is -0.391. The maximum absolute atomic E-state index is 11.7. The van der Waals surface area contributed by atoms with Crippen LogP contribution >= 0.6 is 31.9 Å². The smallest absolute Gasteiger partial charge is 0.338 e. The van der Waals surface area contributed by atoms with E-state index >= 15 is 0 Å². The molecule has 17 heavy (non-hydrogen) atoms. The Hall–Kier alpha value is -0.680. The van der Waals surface area contributed by atoms with Crippen molar-refractivity contribution in [1.82, 2.24) is 0 Å². The summed E-state index contributed by atoms with van der Waals surface area (Å²) in [5.41, 5.74) is 1.13. The van der Waals surface area contributed by atoms with Crippen LogP contribution < -0.4 is 0 Å². The van der Waals surface area contributed by atoms with Gasteiger partial charge in [-0.25, -0.2) is 4.79 Å². The highest BCUT2D eigenvalue weighted by Gasteiger charge is 2.14. The molecule has 92 valence electrons. The second-order valence-electron chi connectivity index (χ2n) is 3.37. The van der Waals surface area contributed by atoms with Crippen LogP contribution in [-0.2, 0) is 16.0 Å². The SMILES string of the molecule is CCOC(=O)c1ccc(Br)cc1CC(=O)CBr. The largest absolute Gasteiger partial charge is 0.462 e. The first kappa shape index (κ1) is 14.4. The number of alkyl halides is 1. The Labute approximate surface area is 117 Å². The van der Waals surface area contributed by atoms with Gasteiger partial charge in [-0.1, -0.05) is 31.9 Å². The van der Waals surface area contributed by atoms with Crippen LogP contribution in [0.5, 0.6) is 0 Å². The standard InChI is InChI=1S/C12H12Br2O3/c1-2-17-12(16)11-4-3-9(14)5-8(11)6-10(15)7-13/h3-5H,2,6-7H2,1H3. The third-order valence-corrected chi connectivity index (χ3v) is 3.22. The summed E-state index contributed by atoms with van der Waals surface area (Å²) >= 11 is 6.43. The quantitative estimate of drug-likeness (QED) is 0.596. The topological polar surface area (TPSA) is 43.4 Å². The molecule has 0 spiro atoms. The fourth-order valence-corrected chi connectivity index (χ4v) is 1.98. The number of carbonyl (C=O) groups excluding carboxylic acids is 2. The van der Waals surface area contributed by atoms with Crippen molar-refractivity contribution < 1.29 is 14.3 Å². The lowest BCUT2D eigenvalue weighted by atomic mass is 10.0. The third-order valence-electron chi connectivity index (χ3n) is 2.10. The van der Waals surface area contributed by atoms with Crippen LogP contribution in [0.1, 0.15) is 22.8 Å². The van der Waals surface area contributed by atoms with Crippen molar-refractivity contribution in [2.24, 2.45) is 0 Å². The van der Waals surface area contributed by atoms with E-state index < -0.39 is 5.97 Å². The average Bonchev–Trinajstić information content (AvgIpc) is 2.29. The number of ketones is 1. The highest BCUT2D eigenvalue weighted by Crippen LogP contribution is 2.18. The predicted octanol–water partition coefficient (Wildman–Crippen LogP) is 3.13. The Kier molecular flexibility index (Phi) is 5.85. The maximum atomic E-state index is 11.7. The summed E-state index contributed by atoms with van der Waals surface area (Å²) in [4.78, 5) is 23.1. The summed E-state index contributed by atoms with van der Waals surface area (Å²) in [6.07, 6.45) is 0.221. The van der Waals surface area contributed by atoms with Crippen molar-refractivity contribution in [3.8, 4) is 0 Å². The molecule has 0 aliphatic heterocycles. The Morgan fingerprint density at radius 3 is 2.65 bits per heavy atom. The zero-order valence-electron chi connectivity index (χ0n) is 9.33. The maximum Gasteiger partial charge on any atom is 0.338 e. The minimum absolute atomic E-state index is 0.0219. The van der Waals surface area contributed by atoms with Gasteiger partial charge in [-0.05, 0) is 30.7 Å². The highest BCUT2D eigenvalue weighted by molar-refractivity contribution is 9.10. The molecule has 0 aliphatic rings. The molecule has 1 aromatic carbocycles. The lowest BCUT2D eigenvalue weighted by Crippen LogP contribution is -2.12. The van der Waals surface area contributed by atoms with Gasteiger partial charge in [0.25, 0.3) is 0 Å². The number of ether oxygens (including phenoxy) is 1. The summed E-state index contributed by atoms with van der Waals surface area (Å²) in [6, 6.07) is 5.19. The fraction of sp³-hybridized carbons (Fsp3) is 0.333. The molecule has 5 heteroatoms. The predicted molar refractivity (Wildman–Crippen MR) is 72.6 cm³/mol. The second kappa shape index (κ2) is 6.91. The van der Waals surface area contributed by atoms with Gasteiger partial charge in [-0.15, -0.1) is 0 Å². The number of Topliss-reactive ketones (excluding diaryl/α,β-unsaturated/α-hetero) is 1. The van der Waals surface area contributed by atoms with E-state index in [9.17, 15) is 9.59 Å². The average molecular weight is 364 g/mol. The summed E-state index contributed by atoms with van der Waals surface area (Å²) in [7, 11) is 0. The molecule has 0 saturated carbocycles. The molecule has 1 aromatic rings. The molecule has 0 radical (unpaired) electrons. The van der Waals surface area contributed by atoms with Crippen LogP contribution in [-0.4, -0.2) is 23.7 Å². The molecule has 0 N–H and O–H groups in total. The van der Waals surface area contributed by atoms with Gasteiger partial charge in [0.1, 0.15) is 5.78 Å². The van der Waals surface area contributed by atoms with Crippen molar-refractivity contribution in [3.05, 3.63) is 33.8 Å². The lowest BCUT2D eigenvalue weighted by Gasteiger charge is -2.08. The van der Waals surface area contributed by atoms with Crippen LogP contribution in [0.4, 0.5) is 0 Å². The van der Waals surface area contributed by atoms with Gasteiger partial charge >= 0.3 is 5.97 Å². The van der Waals surface area contributed by atoms with E-state index in [2.05, 4.69) is 31.9 Å². The number of halogens is 2. The van der Waals surface area contributed by atoms with Crippen LogP contribution in [0.2, 0.25) is 0 Å². The van der Waals surface area contributed by atoms with Gasteiger partial charge < -0.3 is 4.74 Å². The monoisotopic (exact) mass is 362 g/mol. The number of hydrogen-bond acceptors (Lipinski definition) is 3. The van der Waals surface area contributed by atoms with E-state index in [0.29, 0.717) is 17.7 Å². The Bertz CT molecular complexity index is 430. The zero-order valence-corrected chi connectivity index (χ0v) is 12.5. The summed E-state index contributed by atoms with van der Waals surface area (Å²) in [5.74, 6) is -0.369. The van der Waals surface area contributed by atoms with Crippen molar-refractivity contribution in [3.63, 3.8) is 0 Å². The molecule has 0 fully saturated rings. The van der Waals surface area contributed by atoms with E-state index in [-0.39, 0.29) is 17.5 Å². The number of rotatable bonds is 5. The number of hydrogen-bond donors (Lipinski definition) is 0. The van der Waals surface area contributed by atoms with Crippen molar-refractivity contribution in [2.45, 2.75) is 13.3 Å². The zero-order chi connectivity index (χ0) is 12.8. The van der Waals surface area contributed by atoms with Crippen LogP contribution in [0.25, 0.3) is 0 Å². The first-order valence-electron chi connectivity index (χ1n) is 5.11. The molecule has 0 aromatic heterocycles. The molecule has 0 amide bonds. The Morgan fingerprint density at radius 2 is 2.06 bits per heavy atom.